The summed E-state index contributed by atoms with van der Waals surface area (Å²) in [6.45, 7) is 0.583. The maximum Gasteiger partial charge on any atom is 0.251 e. The number of nitrogens with zero attached hydrogens (tertiary/aromatic N) is 1. The number of methoxy groups -OCH3 is 2. The van der Waals surface area contributed by atoms with Gasteiger partial charge < -0.3 is 14.8 Å². The monoisotopic (exact) mass is 480 g/mol. The van der Waals surface area contributed by atoms with Crippen molar-refractivity contribution in [2.45, 2.75) is 18.9 Å². The lowest BCUT2D eigenvalue weighted by atomic mass is 10.1. The highest BCUT2D eigenvalue weighted by molar-refractivity contribution is 14.1. The Hall–Kier alpha value is -2.13. The minimum absolute atomic E-state index is 0.176. The zero-order valence-corrected chi connectivity index (χ0v) is 17.4. The van der Waals surface area contributed by atoms with Gasteiger partial charge in [0.25, 0.3) is 5.91 Å². The summed E-state index contributed by atoms with van der Waals surface area (Å²) in [5.41, 5.74) is 1.68. The Morgan fingerprint density at radius 1 is 1.07 bits per heavy atom. The predicted molar refractivity (Wildman–Crippen MR) is 111 cm³/mol. The molecule has 142 valence electrons. The van der Waals surface area contributed by atoms with Gasteiger partial charge in [-0.1, -0.05) is 6.07 Å². The third-order valence-electron chi connectivity index (χ3n) is 4.48. The van der Waals surface area contributed by atoms with Gasteiger partial charge in [-0.25, -0.2) is 4.90 Å². The van der Waals surface area contributed by atoms with Gasteiger partial charge in [0.15, 0.2) is 11.5 Å². The molecule has 7 heteroatoms. The highest BCUT2D eigenvalue weighted by Gasteiger charge is 2.39. The van der Waals surface area contributed by atoms with Gasteiger partial charge in [0.2, 0.25) is 5.91 Å². The van der Waals surface area contributed by atoms with E-state index < -0.39 is 6.04 Å². The fraction of sp³-hybridized carbons (Fsp3) is 0.300. The second-order valence-electron chi connectivity index (χ2n) is 6.19. The summed E-state index contributed by atoms with van der Waals surface area (Å²) in [6, 6.07) is 12.6. The first-order valence-electron chi connectivity index (χ1n) is 8.60. The van der Waals surface area contributed by atoms with Crippen LogP contribution < -0.4 is 19.7 Å². The highest BCUT2D eigenvalue weighted by atomic mass is 127. The molecule has 0 saturated carbocycles. The lowest BCUT2D eigenvalue weighted by Gasteiger charge is -2.16. The molecule has 1 heterocycles. The quantitative estimate of drug-likeness (QED) is 0.488. The van der Waals surface area contributed by atoms with E-state index in [4.69, 9.17) is 9.47 Å². The number of imide groups is 1. The zero-order valence-electron chi connectivity index (χ0n) is 15.2. The second kappa shape index (κ2) is 8.71. The summed E-state index contributed by atoms with van der Waals surface area (Å²) in [6.07, 6.45) is 0.888. The van der Waals surface area contributed by atoms with Crippen LogP contribution in [0.2, 0.25) is 0 Å². The van der Waals surface area contributed by atoms with Gasteiger partial charge >= 0.3 is 0 Å². The molecule has 1 aliphatic heterocycles. The number of anilines is 1. The van der Waals surface area contributed by atoms with Gasteiger partial charge in [-0.15, -0.1) is 0 Å². The van der Waals surface area contributed by atoms with Crippen molar-refractivity contribution in [2.75, 3.05) is 25.7 Å². The highest BCUT2D eigenvalue weighted by Crippen LogP contribution is 2.28. The summed E-state index contributed by atoms with van der Waals surface area (Å²) in [4.78, 5) is 26.2. The topological polar surface area (TPSA) is 67.9 Å². The largest absolute Gasteiger partial charge is 0.493 e. The molecule has 0 aliphatic carbocycles. The number of hydrogen-bond donors (Lipinski definition) is 1. The van der Waals surface area contributed by atoms with E-state index in [1.54, 1.807) is 26.4 Å². The smallest absolute Gasteiger partial charge is 0.251 e. The van der Waals surface area contributed by atoms with Crippen LogP contribution in [0.25, 0.3) is 0 Å². The zero-order chi connectivity index (χ0) is 19.4. The minimum Gasteiger partial charge on any atom is -0.493 e. The lowest BCUT2D eigenvalue weighted by molar-refractivity contribution is -0.121. The van der Waals surface area contributed by atoms with Crippen LogP contribution in [-0.4, -0.2) is 38.6 Å². The Labute approximate surface area is 172 Å². The van der Waals surface area contributed by atoms with Crippen molar-refractivity contribution >= 4 is 40.1 Å². The van der Waals surface area contributed by atoms with Crippen LogP contribution in [0, 0.1) is 3.57 Å². The number of ether oxygens (including phenoxy) is 2. The SMILES string of the molecule is COc1ccc(CCN[C@H]2CC(=O)N(c3ccc(I)cc3)C2=O)cc1OC. The molecule has 0 aromatic heterocycles. The fourth-order valence-electron chi connectivity index (χ4n) is 3.08. The Bertz CT molecular complexity index is 838. The van der Waals surface area contributed by atoms with Crippen LogP contribution in [0.1, 0.15) is 12.0 Å². The van der Waals surface area contributed by atoms with Gasteiger partial charge in [0.1, 0.15) is 0 Å². The molecule has 1 saturated heterocycles. The molecule has 0 spiro atoms. The number of carbonyl (C=O) groups is 2. The summed E-state index contributed by atoms with van der Waals surface area (Å²) >= 11 is 2.19. The van der Waals surface area contributed by atoms with Crippen LogP contribution in [0.15, 0.2) is 42.5 Å². The summed E-state index contributed by atoms with van der Waals surface area (Å²) in [7, 11) is 3.20. The number of nitrogens with one attached hydrogen (secondary N) is 1. The van der Waals surface area contributed by atoms with Gasteiger partial charge in [-0.2, -0.15) is 0 Å². The van der Waals surface area contributed by atoms with Crippen molar-refractivity contribution in [1.82, 2.24) is 5.32 Å². The Morgan fingerprint density at radius 2 is 1.78 bits per heavy atom. The van der Waals surface area contributed by atoms with E-state index in [-0.39, 0.29) is 18.2 Å². The van der Waals surface area contributed by atoms with E-state index in [1.165, 1.54) is 4.90 Å². The molecule has 1 aliphatic rings. The first-order chi connectivity index (χ1) is 13.0. The predicted octanol–water partition coefficient (Wildman–Crippen LogP) is 2.77. The van der Waals surface area contributed by atoms with Gasteiger partial charge in [0.05, 0.1) is 32.4 Å². The van der Waals surface area contributed by atoms with Crippen molar-refractivity contribution in [3.8, 4) is 11.5 Å². The molecule has 0 radical (unpaired) electrons. The second-order valence-corrected chi connectivity index (χ2v) is 7.44. The molecule has 2 amide bonds. The van der Waals surface area contributed by atoms with Crippen molar-refractivity contribution in [3.05, 3.63) is 51.6 Å². The standard InChI is InChI=1S/C20H21IN2O4/c1-26-17-8-3-13(11-18(17)27-2)9-10-22-16-12-19(24)23(20(16)25)15-6-4-14(21)5-7-15/h3-8,11,16,22H,9-10,12H2,1-2H3/t16-/m0/s1. The lowest BCUT2D eigenvalue weighted by Crippen LogP contribution is -2.39. The Morgan fingerprint density at radius 3 is 2.44 bits per heavy atom. The average Bonchev–Trinajstić information content (AvgIpc) is 2.96. The van der Waals surface area contributed by atoms with E-state index in [0.717, 1.165) is 9.13 Å². The molecule has 1 N–H and O–H groups in total. The van der Waals surface area contributed by atoms with E-state index in [2.05, 4.69) is 27.9 Å². The molecule has 27 heavy (non-hydrogen) atoms. The third kappa shape index (κ3) is 4.41. The average molecular weight is 480 g/mol. The Kier molecular flexibility index (Phi) is 6.33. The number of amides is 2. The van der Waals surface area contributed by atoms with Crippen molar-refractivity contribution in [3.63, 3.8) is 0 Å². The third-order valence-corrected chi connectivity index (χ3v) is 5.20. The van der Waals surface area contributed by atoms with E-state index >= 15 is 0 Å². The molecule has 6 nitrogen and oxygen atoms in total. The fourth-order valence-corrected chi connectivity index (χ4v) is 3.44. The van der Waals surface area contributed by atoms with Gasteiger partial charge in [0, 0.05) is 3.57 Å². The molecular formula is C20H21IN2O4. The van der Waals surface area contributed by atoms with Gasteiger partial charge in [-0.05, 0) is 77.5 Å². The molecule has 2 aromatic rings. The van der Waals surface area contributed by atoms with Crippen molar-refractivity contribution in [1.29, 1.82) is 0 Å². The summed E-state index contributed by atoms with van der Waals surface area (Å²) < 4.78 is 11.6. The maximum atomic E-state index is 12.6. The van der Waals surface area contributed by atoms with Crippen LogP contribution in [-0.2, 0) is 16.0 Å². The van der Waals surface area contributed by atoms with Crippen LogP contribution >= 0.6 is 22.6 Å². The van der Waals surface area contributed by atoms with E-state index in [1.807, 2.05) is 30.3 Å². The van der Waals surface area contributed by atoms with Crippen molar-refractivity contribution in [2.24, 2.45) is 0 Å². The number of rotatable bonds is 7. The molecule has 3 rings (SSSR count). The number of carbonyl (C=O) groups excluding carboxylic acids is 2. The van der Waals surface area contributed by atoms with Crippen LogP contribution in [0.3, 0.4) is 0 Å². The number of halogens is 1. The molecular weight excluding hydrogens is 459 g/mol. The van der Waals surface area contributed by atoms with E-state index in [0.29, 0.717) is 30.2 Å². The van der Waals surface area contributed by atoms with Gasteiger partial charge in [-0.3, -0.25) is 9.59 Å². The number of benzene rings is 2. The van der Waals surface area contributed by atoms with Crippen LogP contribution in [0.4, 0.5) is 5.69 Å². The molecule has 0 bridgehead atoms. The first kappa shape index (κ1) is 19.6. The minimum atomic E-state index is -0.489. The maximum absolute atomic E-state index is 12.6. The normalized spacial score (nSPS) is 16.7. The Balaban J connectivity index is 1.60. The molecule has 1 atom stereocenters. The van der Waals surface area contributed by atoms with Crippen molar-refractivity contribution < 1.29 is 19.1 Å². The summed E-state index contributed by atoms with van der Waals surface area (Å²) in [5, 5.41) is 3.20. The van der Waals surface area contributed by atoms with Crippen LogP contribution in [0.5, 0.6) is 11.5 Å². The number of hydrogen-bond acceptors (Lipinski definition) is 5. The molecule has 2 aromatic carbocycles. The first-order valence-corrected chi connectivity index (χ1v) is 9.68. The van der Waals surface area contributed by atoms with E-state index in [9.17, 15) is 9.59 Å². The summed E-state index contributed by atoms with van der Waals surface area (Å²) in [5.74, 6) is 0.976. The molecule has 0 unspecified atom stereocenters. The molecule has 1 fully saturated rings.